The Kier molecular flexibility index (Phi) is 4.75. The molecule has 0 spiro atoms. The second-order valence-electron chi connectivity index (χ2n) is 4.56. The minimum atomic E-state index is -0.470. The fraction of sp³-hybridized carbons (Fsp3) is 0.250. The number of aryl methyl sites for hydroxylation is 2. The molecule has 0 bridgehead atoms. The summed E-state index contributed by atoms with van der Waals surface area (Å²) in [5, 5.41) is 2.78. The maximum absolute atomic E-state index is 12.3. The number of nitrogens with one attached hydrogen (secondary N) is 1. The first kappa shape index (κ1) is 15.3. The van der Waals surface area contributed by atoms with Gasteiger partial charge in [0.15, 0.2) is 0 Å². The summed E-state index contributed by atoms with van der Waals surface area (Å²) in [6, 6.07) is 8.68. The summed E-state index contributed by atoms with van der Waals surface area (Å²) in [6.07, 6.45) is 0.905. The summed E-state index contributed by atoms with van der Waals surface area (Å²) in [5.41, 5.74) is 1.92. The summed E-state index contributed by atoms with van der Waals surface area (Å²) in [5.74, 6) is -0.679. The van der Waals surface area contributed by atoms with E-state index in [4.69, 9.17) is 4.74 Å². The van der Waals surface area contributed by atoms with E-state index in [2.05, 4.69) is 12.2 Å². The van der Waals surface area contributed by atoms with Crippen molar-refractivity contribution in [3.05, 3.63) is 51.2 Å². The number of carbonyl (C=O) groups is 2. The molecule has 0 saturated heterocycles. The van der Waals surface area contributed by atoms with Crippen LogP contribution in [0.15, 0.2) is 30.3 Å². The van der Waals surface area contributed by atoms with Crippen LogP contribution in [0.3, 0.4) is 0 Å². The molecule has 0 atom stereocenters. The number of para-hydroxylation sites is 1. The van der Waals surface area contributed by atoms with Gasteiger partial charge in [0.05, 0.1) is 23.2 Å². The zero-order chi connectivity index (χ0) is 15.4. The number of hydrogen-bond acceptors (Lipinski definition) is 4. The highest BCUT2D eigenvalue weighted by molar-refractivity contribution is 7.14. The van der Waals surface area contributed by atoms with Gasteiger partial charge in [0.2, 0.25) is 0 Å². The summed E-state index contributed by atoms with van der Waals surface area (Å²) < 4.78 is 4.72. The fourth-order valence-electron chi connectivity index (χ4n) is 2.05. The lowest BCUT2D eigenvalue weighted by molar-refractivity contribution is 0.0602. The van der Waals surface area contributed by atoms with E-state index in [-0.39, 0.29) is 5.91 Å². The van der Waals surface area contributed by atoms with Crippen molar-refractivity contribution in [2.24, 2.45) is 0 Å². The zero-order valence-electron chi connectivity index (χ0n) is 12.2. The Morgan fingerprint density at radius 2 is 2.00 bits per heavy atom. The van der Waals surface area contributed by atoms with Gasteiger partial charge < -0.3 is 10.1 Å². The lowest BCUT2D eigenvalue weighted by Crippen LogP contribution is -2.14. The van der Waals surface area contributed by atoms with Crippen LogP contribution >= 0.6 is 11.3 Å². The summed E-state index contributed by atoms with van der Waals surface area (Å²) >= 11 is 1.48. The van der Waals surface area contributed by atoms with Crippen LogP contribution in [0.2, 0.25) is 0 Å². The number of esters is 1. The number of methoxy groups -OCH3 is 1. The number of amides is 1. The topological polar surface area (TPSA) is 55.4 Å². The Morgan fingerprint density at radius 1 is 1.29 bits per heavy atom. The molecule has 1 aromatic carbocycles. The zero-order valence-corrected chi connectivity index (χ0v) is 13.0. The predicted octanol–water partition coefficient (Wildman–Crippen LogP) is 3.66. The highest BCUT2D eigenvalue weighted by atomic mass is 32.1. The molecule has 0 aliphatic carbocycles. The molecule has 2 aromatic rings. The van der Waals surface area contributed by atoms with Crippen LogP contribution in [-0.4, -0.2) is 19.0 Å². The molecule has 0 fully saturated rings. The van der Waals surface area contributed by atoms with Gasteiger partial charge in [-0.2, -0.15) is 0 Å². The van der Waals surface area contributed by atoms with Crippen LogP contribution in [0.4, 0.5) is 5.69 Å². The Bertz CT molecular complexity index is 676. The van der Waals surface area contributed by atoms with Crippen LogP contribution in [0.1, 0.15) is 37.4 Å². The first-order valence-electron chi connectivity index (χ1n) is 6.64. The average molecular weight is 303 g/mol. The third-order valence-electron chi connectivity index (χ3n) is 3.15. The number of anilines is 1. The molecule has 1 N–H and O–H groups in total. The number of thiophene rings is 1. The molecule has 0 radical (unpaired) electrons. The summed E-state index contributed by atoms with van der Waals surface area (Å²) in [6.45, 7) is 4.06. The second-order valence-corrected chi connectivity index (χ2v) is 5.70. The highest BCUT2D eigenvalue weighted by Gasteiger charge is 2.16. The standard InChI is InChI=1S/C16H17NO3S/c1-4-13-10(2)9-14(21-13)15(18)17-12-8-6-5-7-11(12)16(19)20-3/h5-9H,4H2,1-3H3,(H,17,18). The van der Waals surface area contributed by atoms with Crippen molar-refractivity contribution in [2.75, 3.05) is 12.4 Å². The Morgan fingerprint density at radius 3 is 2.62 bits per heavy atom. The Labute approximate surface area is 127 Å². The van der Waals surface area contributed by atoms with Crippen molar-refractivity contribution in [1.29, 1.82) is 0 Å². The normalized spacial score (nSPS) is 10.2. The van der Waals surface area contributed by atoms with E-state index in [0.29, 0.717) is 16.1 Å². The number of rotatable bonds is 4. The molecule has 0 saturated carbocycles. The third kappa shape index (κ3) is 3.31. The Balaban J connectivity index is 2.25. The molecule has 4 nitrogen and oxygen atoms in total. The van der Waals surface area contributed by atoms with Gasteiger partial charge in [0.25, 0.3) is 5.91 Å². The van der Waals surface area contributed by atoms with Gasteiger partial charge >= 0.3 is 5.97 Å². The minimum absolute atomic E-state index is 0.209. The largest absolute Gasteiger partial charge is 0.465 e. The molecule has 1 amide bonds. The maximum Gasteiger partial charge on any atom is 0.339 e. The lowest BCUT2D eigenvalue weighted by atomic mass is 10.1. The first-order chi connectivity index (χ1) is 10.1. The van der Waals surface area contributed by atoms with Crippen LogP contribution in [0.25, 0.3) is 0 Å². The van der Waals surface area contributed by atoms with Crippen molar-refractivity contribution >= 4 is 28.9 Å². The van der Waals surface area contributed by atoms with E-state index < -0.39 is 5.97 Å². The molecule has 2 rings (SSSR count). The SMILES string of the molecule is CCc1sc(C(=O)Nc2ccccc2C(=O)OC)cc1C. The van der Waals surface area contributed by atoms with Crippen molar-refractivity contribution in [3.8, 4) is 0 Å². The monoisotopic (exact) mass is 303 g/mol. The van der Waals surface area contributed by atoms with Crippen molar-refractivity contribution in [2.45, 2.75) is 20.3 Å². The van der Waals surface area contributed by atoms with Gasteiger partial charge in [0.1, 0.15) is 0 Å². The fourth-order valence-corrected chi connectivity index (χ4v) is 3.06. The van der Waals surface area contributed by atoms with Gasteiger partial charge in [-0.05, 0) is 37.1 Å². The molecule has 0 unspecified atom stereocenters. The maximum atomic E-state index is 12.3. The van der Waals surface area contributed by atoms with Crippen LogP contribution in [-0.2, 0) is 11.2 Å². The van der Waals surface area contributed by atoms with E-state index >= 15 is 0 Å². The average Bonchev–Trinajstić information content (AvgIpc) is 2.88. The number of carbonyl (C=O) groups excluding carboxylic acids is 2. The Hall–Kier alpha value is -2.14. The predicted molar refractivity (Wildman–Crippen MR) is 84.2 cm³/mol. The van der Waals surface area contributed by atoms with E-state index in [9.17, 15) is 9.59 Å². The van der Waals surface area contributed by atoms with Gasteiger partial charge in [-0.25, -0.2) is 4.79 Å². The van der Waals surface area contributed by atoms with E-state index in [0.717, 1.165) is 12.0 Å². The first-order valence-corrected chi connectivity index (χ1v) is 7.46. The van der Waals surface area contributed by atoms with E-state index in [1.807, 2.05) is 13.0 Å². The number of hydrogen-bond donors (Lipinski definition) is 1. The van der Waals surface area contributed by atoms with Crippen molar-refractivity contribution in [3.63, 3.8) is 0 Å². The highest BCUT2D eigenvalue weighted by Crippen LogP contribution is 2.24. The molecular formula is C16H17NO3S. The molecule has 0 aliphatic rings. The molecular weight excluding hydrogens is 286 g/mol. The van der Waals surface area contributed by atoms with Gasteiger partial charge in [0, 0.05) is 4.88 Å². The number of benzene rings is 1. The molecule has 5 heteroatoms. The van der Waals surface area contributed by atoms with E-state index in [1.165, 1.54) is 23.3 Å². The third-order valence-corrected chi connectivity index (χ3v) is 4.53. The summed E-state index contributed by atoms with van der Waals surface area (Å²) in [4.78, 5) is 25.8. The summed E-state index contributed by atoms with van der Waals surface area (Å²) in [7, 11) is 1.32. The van der Waals surface area contributed by atoms with Gasteiger partial charge in [-0.15, -0.1) is 11.3 Å². The minimum Gasteiger partial charge on any atom is -0.465 e. The molecule has 0 aliphatic heterocycles. The number of ether oxygens (including phenoxy) is 1. The van der Waals surface area contributed by atoms with Crippen molar-refractivity contribution in [1.82, 2.24) is 0 Å². The van der Waals surface area contributed by atoms with Crippen molar-refractivity contribution < 1.29 is 14.3 Å². The van der Waals surface area contributed by atoms with Gasteiger partial charge in [-0.3, -0.25) is 4.79 Å². The second kappa shape index (κ2) is 6.54. The van der Waals surface area contributed by atoms with Crippen LogP contribution in [0, 0.1) is 6.92 Å². The molecule has 1 heterocycles. The smallest absolute Gasteiger partial charge is 0.339 e. The van der Waals surface area contributed by atoms with Crippen LogP contribution < -0.4 is 5.32 Å². The van der Waals surface area contributed by atoms with Gasteiger partial charge in [-0.1, -0.05) is 19.1 Å². The van der Waals surface area contributed by atoms with E-state index in [1.54, 1.807) is 24.3 Å². The molecule has 1 aromatic heterocycles. The molecule has 21 heavy (non-hydrogen) atoms. The molecule has 110 valence electrons. The quantitative estimate of drug-likeness (QED) is 0.877. The van der Waals surface area contributed by atoms with Crippen LogP contribution in [0.5, 0.6) is 0 Å². The lowest BCUT2D eigenvalue weighted by Gasteiger charge is -2.08.